The average Bonchev–Trinajstić information content (AvgIpc) is 2.90. The van der Waals surface area contributed by atoms with Crippen LogP contribution in [0.3, 0.4) is 0 Å². The third-order valence-corrected chi connectivity index (χ3v) is 3.46. The van der Waals surface area contributed by atoms with Crippen molar-refractivity contribution >= 4 is 22.4 Å². The highest BCUT2D eigenvalue weighted by molar-refractivity contribution is 7.13. The normalized spacial score (nSPS) is 16.5. The lowest BCUT2D eigenvalue weighted by Crippen LogP contribution is -2.44. The summed E-state index contributed by atoms with van der Waals surface area (Å²) in [7, 11) is 1.38. The predicted octanol–water partition coefficient (Wildman–Crippen LogP) is 0.952. The largest absolute Gasteiger partial charge is 0.466 e. The second-order valence-corrected chi connectivity index (χ2v) is 4.55. The number of nitrogens with zero attached hydrogens (tertiary/aromatic N) is 3. The Hall–Kier alpha value is -1.56. The molecule has 1 aliphatic rings. The molecule has 0 N–H and O–H groups in total. The molecule has 1 aromatic heterocycles. The number of thiazole rings is 1. The first-order valence-electron chi connectivity index (χ1n) is 5.44. The fourth-order valence-electron chi connectivity index (χ4n) is 1.67. The fraction of sp³-hybridized carbons (Fsp3) is 0.455. The lowest BCUT2D eigenvalue weighted by atomic mass is 10.3. The van der Waals surface area contributed by atoms with E-state index in [4.69, 9.17) is 0 Å². The molecular weight excluding hydrogens is 238 g/mol. The standard InChI is InChI=1S/C11H15N3O2S/c1-16-10(15)2-4-13-5-7-14(8-6-13)11-12-3-9-17-11/h2-4,9H,5-8H2,1H3. The van der Waals surface area contributed by atoms with Crippen LogP contribution in [-0.4, -0.2) is 49.1 Å². The molecule has 92 valence electrons. The molecule has 1 aliphatic heterocycles. The Bertz CT molecular complexity index is 383. The molecule has 0 bridgehead atoms. The van der Waals surface area contributed by atoms with Crippen molar-refractivity contribution in [3.63, 3.8) is 0 Å². The first-order valence-corrected chi connectivity index (χ1v) is 6.32. The van der Waals surface area contributed by atoms with Crippen LogP contribution in [0, 0.1) is 0 Å². The first-order chi connectivity index (χ1) is 8.29. The number of carbonyl (C=O) groups is 1. The highest BCUT2D eigenvalue weighted by Gasteiger charge is 2.16. The van der Waals surface area contributed by atoms with Gasteiger partial charge in [0.1, 0.15) is 0 Å². The van der Waals surface area contributed by atoms with Gasteiger partial charge in [-0.25, -0.2) is 9.78 Å². The zero-order valence-corrected chi connectivity index (χ0v) is 10.5. The Labute approximate surface area is 104 Å². The summed E-state index contributed by atoms with van der Waals surface area (Å²) in [5.74, 6) is -0.313. The lowest BCUT2D eigenvalue weighted by molar-refractivity contribution is -0.134. The van der Waals surface area contributed by atoms with Crippen LogP contribution < -0.4 is 4.90 Å². The number of rotatable bonds is 3. The summed E-state index contributed by atoms with van der Waals surface area (Å²) >= 11 is 1.66. The van der Waals surface area contributed by atoms with Gasteiger partial charge in [-0.2, -0.15) is 0 Å². The average molecular weight is 253 g/mol. The van der Waals surface area contributed by atoms with Gasteiger partial charge < -0.3 is 14.5 Å². The minimum absolute atomic E-state index is 0.313. The molecular formula is C11H15N3O2S. The lowest BCUT2D eigenvalue weighted by Gasteiger charge is -2.33. The van der Waals surface area contributed by atoms with E-state index in [1.165, 1.54) is 13.2 Å². The Morgan fingerprint density at radius 2 is 2.24 bits per heavy atom. The van der Waals surface area contributed by atoms with E-state index in [2.05, 4.69) is 19.5 Å². The summed E-state index contributed by atoms with van der Waals surface area (Å²) in [6.07, 6.45) is 5.08. The molecule has 5 nitrogen and oxygen atoms in total. The number of anilines is 1. The van der Waals surface area contributed by atoms with Crippen molar-refractivity contribution in [1.29, 1.82) is 0 Å². The van der Waals surface area contributed by atoms with Gasteiger partial charge in [0.25, 0.3) is 0 Å². The number of methoxy groups -OCH3 is 1. The van der Waals surface area contributed by atoms with Crippen molar-refractivity contribution in [3.05, 3.63) is 23.9 Å². The van der Waals surface area contributed by atoms with Crippen molar-refractivity contribution in [2.24, 2.45) is 0 Å². The minimum Gasteiger partial charge on any atom is -0.466 e. The molecule has 1 saturated heterocycles. The molecule has 0 aliphatic carbocycles. The van der Waals surface area contributed by atoms with Crippen LogP contribution in [0.4, 0.5) is 5.13 Å². The molecule has 1 aromatic rings. The van der Waals surface area contributed by atoms with Crippen molar-refractivity contribution in [3.8, 4) is 0 Å². The predicted molar refractivity (Wildman–Crippen MR) is 67.1 cm³/mol. The number of carbonyl (C=O) groups excluding carboxylic acids is 1. The summed E-state index contributed by atoms with van der Waals surface area (Å²) in [6, 6.07) is 0. The molecule has 0 atom stereocenters. The highest BCUT2D eigenvalue weighted by Crippen LogP contribution is 2.18. The molecule has 0 aromatic carbocycles. The van der Waals surface area contributed by atoms with Gasteiger partial charge >= 0.3 is 5.97 Å². The zero-order valence-electron chi connectivity index (χ0n) is 9.70. The van der Waals surface area contributed by atoms with Crippen LogP contribution in [0.2, 0.25) is 0 Å². The van der Waals surface area contributed by atoms with Crippen LogP contribution in [-0.2, 0) is 9.53 Å². The van der Waals surface area contributed by atoms with Crippen LogP contribution >= 0.6 is 11.3 Å². The number of ether oxygens (including phenoxy) is 1. The molecule has 6 heteroatoms. The van der Waals surface area contributed by atoms with Gasteiger partial charge in [0.05, 0.1) is 7.11 Å². The zero-order chi connectivity index (χ0) is 12.1. The van der Waals surface area contributed by atoms with Crippen molar-refractivity contribution in [2.75, 3.05) is 38.2 Å². The van der Waals surface area contributed by atoms with Gasteiger partial charge in [0.15, 0.2) is 5.13 Å². The summed E-state index contributed by atoms with van der Waals surface area (Å²) in [5.41, 5.74) is 0. The molecule has 0 amide bonds. The van der Waals surface area contributed by atoms with Crippen LogP contribution in [0.25, 0.3) is 0 Å². The summed E-state index contributed by atoms with van der Waals surface area (Å²) in [4.78, 5) is 19.6. The number of hydrogen-bond acceptors (Lipinski definition) is 6. The molecule has 0 radical (unpaired) electrons. The Morgan fingerprint density at radius 3 is 2.82 bits per heavy atom. The summed E-state index contributed by atoms with van der Waals surface area (Å²) < 4.78 is 4.55. The van der Waals surface area contributed by atoms with E-state index in [0.717, 1.165) is 31.3 Å². The van der Waals surface area contributed by atoms with E-state index in [9.17, 15) is 4.79 Å². The van der Waals surface area contributed by atoms with Gasteiger partial charge in [-0.3, -0.25) is 0 Å². The molecule has 2 heterocycles. The number of hydrogen-bond donors (Lipinski definition) is 0. The Balaban J connectivity index is 1.82. The van der Waals surface area contributed by atoms with Crippen LogP contribution in [0.15, 0.2) is 23.9 Å². The smallest absolute Gasteiger partial charge is 0.331 e. The second kappa shape index (κ2) is 5.67. The molecule has 2 rings (SSSR count). The van der Waals surface area contributed by atoms with E-state index < -0.39 is 0 Å². The molecule has 17 heavy (non-hydrogen) atoms. The maximum Gasteiger partial charge on any atom is 0.331 e. The number of piperazine rings is 1. The summed E-state index contributed by atoms with van der Waals surface area (Å²) in [5, 5.41) is 3.06. The van der Waals surface area contributed by atoms with E-state index in [1.54, 1.807) is 17.5 Å². The quantitative estimate of drug-likeness (QED) is 0.593. The maximum atomic E-state index is 11.0. The summed E-state index contributed by atoms with van der Waals surface area (Å²) in [6.45, 7) is 3.65. The van der Waals surface area contributed by atoms with Crippen molar-refractivity contribution in [1.82, 2.24) is 9.88 Å². The van der Waals surface area contributed by atoms with Crippen molar-refractivity contribution in [2.45, 2.75) is 0 Å². The fourth-order valence-corrected chi connectivity index (χ4v) is 2.37. The topological polar surface area (TPSA) is 45.7 Å². The monoisotopic (exact) mass is 253 g/mol. The van der Waals surface area contributed by atoms with Gasteiger partial charge in [0, 0.05) is 50.0 Å². The number of aromatic nitrogens is 1. The van der Waals surface area contributed by atoms with E-state index in [0.29, 0.717) is 0 Å². The van der Waals surface area contributed by atoms with Crippen LogP contribution in [0.1, 0.15) is 0 Å². The van der Waals surface area contributed by atoms with Gasteiger partial charge in [-0.1, -0.05) is 0 Å². The third kappa shape index (κ3) is 3.20. The van der Waals surface area contributed by atoms with E-state index >= 15 is 0 Å². The minimum atomic E-state index is -0.313. The molecule has 0 unspecified atom stereocenters. The molecule has 1 fully saturated rings. The number of esters is 1. The first kappa shape index (κ1) is 11.9. The van der Waals surface area contributed by atoms with Crippen LogP contribution in [0.5, 0.6) is 0 Å². The SMILES string of the molecule is COC(=O)C=CN1CCN(c2nccs2)CC1. The Morgan fingerprint density at radius 1 is 1.47 bits per heavy atom. The van der Waals surface area contributed by atoms with Gasteiger partial charge in [0.2, 0.25) is 0 Å². The molecule has 0 spiro atoms. The van der Waals surface area contributed by atoms with Gasteiger partial charge in [-0.05, 0) is 0 Å². The van der Waals surface area contributed by atoms with Crippen molar-refractivity contribution < 1.29 is 9.53 Å². The van der Waals surface area contributed by atoms with E-state index in [1.807, 2.05) is 11.6 Å². The van der Waals surface area contributed by atoms with Gasteiger partial charge in [-0.15, -0.1) is 11.3 Å². The molecule has 0 saturated carbocycles. The Kier molecular flexibility index (Phi) is 3.98. The third-order valence-electron chi connectivity index (χ3n) is 2.63. The maximum absolute atomic E-state index is 11.0. The highest BCUT2D eigenvalue weighted by atomic mass is 32.1. The second-order valence-electron chi connectivity index (χ2n) is 3.68. The van der Waals surface area contributed by atoms with E-state index in [-0.39, 0.29) is 5.97 Å².